The van der Waals surface area contributed by atoms with Crippen molar-refractivity contribution in [1.82, 2.24) is 9.97 Å². The van der Waals surface area contributed by atoms with Crippen LogP contribution in [-0.4, -0.2) is 33.8 Å². The van der Waals surface area contributed by atoms with E-state index in [2.05, 4.69) is 20.6 Å². The van der Waals surface area contributed by atoms with E-state index in [-0.39, 0.29) is 17.1 Å². The van der Waals surface area contributed by atoms with Crippen LogP contribution < -0.4 is 10.6 Å². The maximum atomic E-state index is 13.1. The molecular formula is C24H18F4N4O2. The summed E-state index contributed by atoms with van der Waals surface area (Å²) in [5, 5.41) is 17.2. The zero-order valence-electron chi connectivity index (χ0n) is 17.5. The van der Waals surface area contributed by atoms with Crippen LogP contribution in [0.2, 0.25) is 0 Å². The SMILES string of the molecule is O=C(Nc1ccc(C(O)(CF)C(F)(F)F)cc1)c1cccnc1Nc1ccc2ccncc2c1. The van der Waals surface area contributed by atoms with Crippen molar-refractivity contribution >= 4 is 33.9 Å². The molecule has 2 aromatic heterocycles. The third-order valence-electron chi connectivity index (χ3n) is 5.24. The van der Waals surface area contributed by atoms with Crippen molar-refractivity contribution in [2.45, 2.75) is 11.8 Å². The fourth-order valence-corrected chi connectivity index (χ4v) is 3.33. The first kappa shape index (κ1) is 23.1. The molecule has 0 fully saturated rings. The van der Waals surface area contributed by atoms with Gasteiger partial charge in [0.2, 0.25) is 5.60 Å². The van der Waals surface area contributed by atoms with Crippen LogP contribution >= 0.6 is 0 Å². The lowest BCUT2D eigenvalue weighted by Gasteiger charge is -2.28. The zero-order chi connectivity index (χ0) is 24.3. The number of hydrogen-bond acceptors (Lipinski definition) is 5. The van der Waals surface area contributed by atoms with Crippen molar-refractivity contribution in [3.8, 4) is 0 Å². The predicted molar refractivity (Wildman–Crippen MR) is 120 cm³/mol. The van der Waals surface area contributed by atoms with Gasteiger partial charge in [0, 0.05) is 35.4 Å². The minimum Gasteiger partial charge on any atom is -0.374 e. The molecule has 4 rings (SSSR count). The zero-order valence-corrected chi connectivity index (χ0v) is 17.5. The highest BCUT2D eigenvalue weighted by Gasteiger charge is 2.55. The summed E-state index contributed by atoms with van der Waals surface area (Å²) in [6.07, 6.45) is -0.295. The molecule has 10 heteroatoms. The number of hydrogen-bond donors (Lipinski definition) is 3. The molecule has 4 aromatic rings. The van der Waals surface area contributed by atoms with E-state index in [1.165, 1.54) is 12.3 Å². The molecule has 6 nitrogen and oxygen atoms in total. The molecular weight excluding hydrogens is 452 g/mol. The highest BCUT2D eigenvalue weighted by atomic mass is 19.4. The number of benzene rings is 2. The quantitative estimate of drug-likeness (QED) is 0.331. The largest absolute Gasteiger partial charge is 0.424 e. The molecule has 2 heterocycles. The third-order valence-corrected chi connectivity index (χ3v) is 5.24. The van der Waals surface area contributed by atoms with Gasteiger partial charge in [-0.3, -0.25) is 9.78 Å². The number of fused-ring (bicyclic) bond motifs is 1. The summed E-state index contributed by atoms with van der Waals surface area (Å²) in [6, 6.07) is 14.7. The van der Waals surface area contributed by atoms with Gasteiger partial charge >= 0.3 is 6.18 Å². The molecule has 3 N–H and O–H groups in total. The molecule has 0 spiro atoms. The topological polar surface area (TPSA) is 87.1 Å². The highest BCUT2D eigenvalue weighted by molar-refractivity contribution is 6.07. The molecule has 0 aliphatic carbocycles. The van der Waals surface area contributed by atoms with E-state index in [4.69, 9.17) is 0 Å². The van der Waals surface area contributed by atoms with Gasteiger partial charge in [0.25, 0.3) is 5.91 Å². The summed E-state index contributed by atoms with van der Waals surface area (Å²) < 4.78 is 52.2. The van der Waals surface area contributed by atoms with Crippen molar-refractivity contribution in [2.75, 3.05) is 17.3 Å². The Morgan fingerprint density at radius 1 is 0.941 bits per heavy atom. The first-order valence-electron chi connectivity index (χ1n) is 10.0. The van der Waals surface area contributed by atoms with Gasteiger partial charge in [-0.1, -0.05) is 18.2 Å². The van der Waals surface area contributed by atoms with Crippen LogP contribution in [0.4, 0.5) is 34.8 Å². The molecule has 0 aliphatic heterocycles. The molecule has 34 heavy (non-hydrogen) atoms. The minimum absolute atomic E-state index is 0.156. The molecule has 0 saturated heterocycles. The second-order valence-corrected chi connectivity index (χ2v) is 7.49. The molecule has 1 unspecified atom stereocenters. The number of carbonyl (C=O) groups is 1. The lowest BCUT2D eigenvalue weighted by molar-refractivity contribution is -0.271. The lowest BCUT2D eigenvalue weighted by atomic mass is 9.94. The van der Waals surface area contributed by atoms with Crippen LogP contribution in [-0.2, 0) is 5.60 Å². The molecule has 0 saturated carbocycles. The van der Waals surface area contributed by atoms with E-state index in [9.17, 15) is 27.5 Å². The first-order chi connectivity index (χ1) is 16.2. The number of aromatic nitrogens is 2. The van der Waals surface area contributed by atoms with Crippen molar-refractivity contribution in [2.24, 2.45) is 0 Å². The van der Waals surface area contributed by atoms with E-state index < -0.39 is 29.9 Å². The van der Waals surface area contributed by atoms with E-state index >= 15 is 0 Å². The smallest absolute Gasteiger partial charge is 0.374 e. The molecule has 0 radical (unpaired) electrons. The fraction of sp³-hybridized carbons (Fsp3) is 0.125. The van der Waals surface area contributed by atoms with Crippen molar-refractivity contribution in [3.63, 3.8) is 0 Å². The molecule has 0 bridgehead atoms. The van der Waals surface area contributed by atoms with Gasteiger partial charge in [-0.2, -0.15) is 13.2 Å². The lowest BCUT2D eigenvalue weighted by Crippen LogP contribution is -2.44. The number of pyridine rings is 2. The Kier molecular flexibility index (Phi) is 6.16. The monoisotopic (exact) mass is 470 g/mol. The fourth-order valence-electron chi connectivity index (χ4n) is 3.33. The summed E-state index contributed by atoms with van der Waals surface area (Å²) in [5.41, 5.74) is -3.27. The van der Waals surface area contributed by atoms with E-state index in [0.29, 0.717) is 5.69 Å². The van der Waals surface area contributed by atoms with E-state index in [0.717, 1.165) is 35.0 Å². The third kappa shape index (κ3) is 4.53. The van der Waals surface area contributed by atoms with Crippen LogP contribution in [0.1, 0.15) is 15.9 Å². The maximum absolute atomic E-state index is 13.1. The number of nitrogens with zero attached hydrogens (tertiary/aromatic N) is 2. The summed E-state index contributed by atoms with van der Waals surface area (Å²) in [4.78, 5) is 21.1. The Balaban J connectivity index is 1.54. The van der Waals surface area contributed by atoms with Gasteiger partial charge in [0.1, 0.15) is 12.5 Å². The maximum Gasteiger partial charge on any atom is 0.424 e. The van der Waals surface area contributed by atoms with Crippen LogP contribution in [0.15, 0.2) is 79.3 Å². The van der Waals surface area contributed by atoms with Crippen molar-refractivity contribution < 1.29 is 27.5 Å². The summed E-state index contributed by atoms with van der Waals surface area (Å²) in [5.74, 6) is -0.300. The van der Waals surface area contributed by atoms with Crippen LogP contribution in [0.25, 0.3) is 10.8 Å². The number of alkyl halides is 4. The highest BCUT2D eigenvalue weighted by Crippen LogP contribution is 2.39. The molecule has 1 atom stereocenters. The standard InChI is InChI=1S/C24H18F4N4O2/c25-14-23(34,24(26,27)28)17-4-7-18(8-5-17)32-22(33)20-2-1-10-30-21(20)31-19-6-3-15-9-11-29-13-16(15)12-19/h1-13,34H,14H2,(H,30,31)(H,32,33). The van der Waals surface area contributed by atoms with Gasteiger partial charge in [-0.05, 0) is 53.4 Å². The Labute approximate surface area is 191 Å². The Hall–Kier alpha value is -4.05. The van der Waals surface area contributed by atoms with E-state index in [1.54, 1.807) is 18.5 Å². The summed E-state index contributed by atoms with van der Waals surface area (Å²) >= 11 is 0. The molecule has 1 amide bonds. The second kappa shape index (κ2) is 9.06. The molecule has 2 aromatic carbocycles. The second-order valence-electron chi connectivity index (χ2n) is 7.49. The number of amides is 1. The van der Waals surface area contributed by atoms with Gasteiger partial charge in [-0.15, -0.1) is 0 Å². The van der Waals surface area contributed by atoms with Crippen LogP contribution in [0.5, 0.6) is 0 Å². The number of rotatable bonds is 6. The number of halogens is 4. The number of nitrogens with one attached hydrogen (secondary N) is 2. The van der Waals surface area contributed by atoms with Gasteiger partial charge < -0.3 is 15.7 Å². The van der Waals surface area contributed by atoms with Crippen LogP contribution in [0.3, 0.4) is 0 Å². The minimum atomic E-state index is -5.19. The van der Waals surface area contributed by atoms with Crippen molar-refractivity contribution in [1.29, 1.82) is 0 Å². The predicted octanol–water partition coefficient (Wildman–Crippen LogP) is 5.35. The van der Waals surface area contributed by atoms with Gasteiger partial charge in [0.15, 0.2) is 0 Å². The number of aliphatic hydroxyl groups is 1. The first-order valence-corrected chi connectivity index (χ1v) is 10.0. The van der Waals surface area contributed by atoms with Gasteiger partial charge in [-0.25, -0.2) is 9.37 Å². The number of anilines is 3. The average molecular weight is 470 g/mol. The molecule has 0 aliphatic rings. The number of carbonyl (C=O) groups excluding carboxylic acids is 1. The Morgan fingerprint density at radius 3 is 2.38 bits per heavy atom. The van der Waals surface area contributed by atoms with Crippen LogP contribution in [0, 0.1) is 0 Å². The van der Waals surface area contributed by atoms with E-state index in [1.807, 2.05) is 24.3 Å². The summed E-state index contributed by atoms with van der Waals surface area (Å²) in [6.45, 7) is -2.03. The molecule has 174 valence electrons. The van der Waals surface area contributed by atoms with Crippen molar-refractivity contribution in [3.05, 3.63) is 90.4 Å². The Bertz CT molecular complexity index is 1330. The Morgan fingerprint density at radius 2 is 1.68 bits per heavy atom. The summed E-state index contributed by atoms with van der Waals surface area (Å²) in [7, 11) is 0. The average Bonchev–Trinajstić information content (AvgIpc) is 2.83. The van der Waals surface area contributed by atoms with Gasteiger partial charge in [0.05, 0.1) is 5.56 Å². The normalized spacial score (nSPS) is 13.3.